The van der Waals surface area contributed by atoms with Crippen molar-refractivity contribution in [2.75, 3.05) is 6.61 Å². The van der Waals surface area contributed by atoms with E-state index >= 15 is 0 Å². The number of benzene rings is 2. The van der Waals surface area contributed by atoms with E-state index in [0.717, 1.165) is 5.56 Å². The Balaban J connectivity index is 1.88. The smallest absolute Gasteiger partial charge is 0.349 e. The maximum atomic E-state index is 11.8. The lowest BCUT2D eigenvalue weighted by atomic mass is 10.0. The van der Waals surface area contributed by atoms with E-state index in [4.69, 9.17) is 9.47 Å². The summed E-state index contributed by atoms with van der Waals surface area (Å²) in [6, 6.07) is 15.1. The van der Waals surface area contributed by atoms with Crippen LogP contribution in [0.1, 0.15) is 30.9 Å². The van der Waals surface area contributed by atoms with Crippen LogP contribution in [0.3, 0.4) is 0 Å². The normalized spacial score (nSPS) is 10.5. The number of carbonyl (C=O) groups excluding carboxylic acids is 1. The molecule has 2 aromatic rings. The van der Waals surface area contributed by atoms with Gasteiger partial charge in [0, 0.05) is 0 Å². The van der Waals surface area contributed by atoms with Gasteiger partial charge in [-0.25, -0.2) is 4.79 Å². The van der Waals surface area contributed by atoms with Crippen molar-refractivity contribution in [3.63, 3.8) is 0 Å². The topological polar surface area (TPSA) is 35.5 Å². The summed E-state index contributed by atoms with van der Waals surface area (Å²) in [5, 5.41) is 0. The molecule has 0 spiro atoms. The predicted molar refractivity (Wildman–Crippen MR) is 82.8 cm³/mol. The van der Waals surface area contributed by atoms with Gasteiger partial charge in [0.25, 0.3) is 0 Å². The van der Waals surface area contributed by atoms with Crippen LogP contribution in [0.25, 0.3) is 0 Å². The van der Waals surface area contributed by atoms with Crippen molar-refractivity contribution >= 4 is 5.97 Å². The largest absolute Gasteiger partial charge is 0.482 e. The van der Waals surface area contributed by atoms with Gasteiger partial charge < -0.3 is 9.47 Å². The highest BCUT2D eigenvalue weighted by molar-refractivity contribution is 5.74. The molecule has 0 bridgehead atoms. The lowest BCUT2D eigenvalue weighted by molar-refractivity contribution is -0.136. The van der Waals surface area contributed by atoms with Crippen LogP contribution in [0.2, 0.25) is 0 Å². The van der Waals surface area contributed by atoms with Gasteiger partial charge in [-0.2, -0.15) is 0 Å². The number of aryl methyl sites for hydroxylation is 1. The maximum Gasteiger partial charge on any atom is 0.349 e. The van der Waals surface area contributed by atoms with Crippen molar-refractivity contribution in [2.24, 2.45) is 0 Å². The highest BCUT2D eigenvalue weighted by Gasteiger charge is 2.08. The molecule has 3 heteroatoms. The lowest BCUT2D eigenvalue weighted by Gasteiger charge is -2.09. The van der Waals surface area contributed by atoms with Gasteiger partial charge in [0.15, 0.2) is 6.61 Å². The Labute approximate surface area is 125 Å². The molecule has 110 valence electrons. The van der Waals surface area contributed by atoms with E-state index in [1.165, 1.54) is 5.56 Å². The van der Waals surface area contributed by atoms with Crippen molar-refractivity contribution in [1.29, 1.82) is 0 Å². The molecule has 3 nitrogen and oxygen atoms in total. The van der Waals surface area contributed by atoms with Crippen LogP contribution in [0.15, 0.2) is 48.5 Å². The number of carbonyl (C=O) groups is 1. The quantitative estimate of drug-likeness (QED) is 0.612. The summed E-state index contributed by atoms with van der Waals surface area (Å²) in [4.78, 5) is 11.8. The zero-order valence-corrected chi connectivity index (χ0v) is 12.6. The van der Waals surface area contributed by atoms with Crippen molar-refractivity contribution in [3.8, 4) is 11.5 Å². The summed E-state index contributed by atoms with van der Waals surface area (Å²) in [6.07, 6.45) is 0. The van der Waals surface area contributed by atoms with E-state index in [0.29, 0.717) is 17.4 Å². The Bertz CT molecular complexity index is 600. The monoisotopic (exact) mass is 284 g/mol. The lowest BCUT2D eigenvalue weighted by Crippen LogP contribution is -2.18. The van der Waals surface area contributed by atoms with E-state index in [-0.39, 0.29) is 6.61 Å². The Hall–Kier alpha value is -2.29. The van der Waals surface area contributed by atoms with Gasteiger partial charge in [-0.1, -0.05) is 44.2 Å². The maximum absolute atomic E-state index is 11.8. The van der Waals surface area contributed by atoms with E-state index in [1.54, 1.807) is 12.1 Å². The summed E-state index contributed by atoms with van der Waals surface area (Å²) in [6.45, 7) is 6.08. The van der Waals surface area contributed by atoms with Gasteiger partial charge in [0.1, 0.15) is 11.5 Å². The third-order valence-electron chi connectivity index (χ3n) is 3.22. The third-order valence-corrected chi connectivity index (χ3v) is 3.22. The molecule has 2 aromatic carbocycles. The van der Waals surface area contributed by atoms with Gasteiger partial charge >= 0.3 is 5.97 Å². The molecule has 0 heterocycles. The van der Waals surface area contributed by atoms with Gasteiger partial charge in [-0.05, 0) is 42.2 Å². The molecule has 21 heavy (non-hydrogen) atoms. The summed E-state index contributed by atoms with van der Waals surface area (Å²) in [7, 11) is 0. The van der Waals surface area contributed by atoms with Gasteiger partial charge in [0.2, 0.25) is 0 Å². The van der Waals surface area contributed by atoms with E-state index < -0.39 is 5.97 Å². The van der Waals surface area contributed by atoms with E-state index in [2.05, 4.69) is 13.8 Å². The van der Waals surface area contributed by atoms with Gasteiger partial charge in [-0.3, -0.25) is 0 Å². The van der Waals surface area contributed by atoms with Crippen LogP contribution in [-0.4, -0.2) is 12.6 Å². The van der Waals surface area contributed by atoms with Crippen LogP contribution in [-0.2, 0) is 4.79 Å². The number of esters is 1. The third kappa shape index (κ3) is 4.35. The summed E-state index contributed by atoms with van der Waals surface area (Å²) < 4.78 is 10.7. The summed E-state index contributed by atoms with van der Waals surface area (Å²) >= 11 is 0. The van der Waals surface area contributed by atoms with Crippen LogP contribution < -0.4 is 9.47 Å². The molecular weight excluding hydrogens is 264 g/mol. The van der Waals surface area contributed by atoms with Crippen molar-refractivity contribution in [1.82, 2.24) is 0 Å². The zero-order chi connectivity index (χ0) is 15.2. The molecule has 0 aliphatic rings. The minimum Gasteiger partial charge on any atom is -0.482 e. The predicted octanol–water partition coefficient (Wildman–Crippen LogP) is 4.10. The SMILES string of the molecule is Cc1ccccc1OCC(=O)Oc1ccc(C(C)C)cc1. The Morgan fingerprint density at radius 3 is 2.33 bits per heavy atom. The number of ether oxygens (including phenoxy) is 2. The first-order valence-corrected chi connectivity index (χ1v) is 7.05. The summed E-state index contributed by atoms with van der Waals surface area (Å²) in [5.74, 6) is 1.29. The Morgan fingerprint density at radius 1 is 1.05 bits per heavy atom. The minimum atomic E-state index is -0.407. The molecule has 0 aliphatic carbocycles. The zero-order valence-electron chi connectivity index (χ0n) is 12.6. The second-order valence-electron chi connectivity index (χ2n) is 5.25. The molecule has 0 aliphatic heterocycles. The molecule has 0 atom stereocenters. The van der Waals surface area contributed by atoms with Crippen molar-refractivity contribution < 1.29 is 14.3 Å². The fraction of sp³-hybridized carbons (Fsp3) is 0.278. The molecule has 0 aromatic heterocycles. The van der Waals surface area contributed by atoms with Crippen LogP contribution in [0.4, 0.5) is 0 Å². The fourth-order valence-corrected chi connectivity index (χ4v) is 1.94. The molecule has 0 amide bonds. The minimum absolute atomic E-state index is 0.100. The second kappa shape index (κ2) is 6.93. The first-order chi connectivity index (χ1) is 10.1. The molecule has 0 saturated carbocycles. The molecule has 2 rings (SSSR count). The Kier molecular flexibility index (Phi) is 4.99. The number of para-hydroxylation sites is 1. The summed E-state index contributed by atoms with van der Waals surface area (Å²) in [5.41, 5.74) is 2.21. The molecule has 0 radical (unpaired) electrons. The van der Waals surface area contributed by atoms with Crippen LogP contribution in [0.5, 0.6) is 11.5 Å². The molecule has 0 fully saturated rings. The average Bonchev–Trinajstić information content (AvgIpc) is 2.47. The first kappa shape index (κ1) is 15.1. The highest BCUT2D eigenvalue weighted by Crippen LogP contribution is 2.19. The van der Waals surface area contributed by atoms with E-state index in [1.807, 2.05) is 43.3 Å². The average molecular weight is 284 g/mol. The number of hydrogen-bond acceptors (Lipinski definition) is 3. The van der Waals surface area contributed by atoms with Gasteiger partial charge in [-0.15, -0.1) is 0 Å². The number of hydrogen-bond donors (Lipinski definition) is 0. The Morgan fingerprint density at radius 2 is 1.71 bits per heavy atom. The van der Waals surface area contributed by atoms with Crippen LogP contribution >= 0.6 is 0 Å². The first-order valence-electron chi connectivity index (χ1n) is 7.05. The molecule has 0 saturated heterocycles. The number of rotatable bonds is 5. The fourth-order valence-electron chi connectivity index (χ4n) is 1.94. The molecule has 0 unspecified atom stereocenters. The standard InChI is InChI=1S/C18H20O3/c1-13(2)15-8-10-16(11-9-15)21-18(19)12-20-17-7-5-4-6-14(17)3/h4-11,13H,12H2,1-3H3. The molecular formula is C18H20O3. The van der Waals surface area contributed by atoms with Gasteiger partial charge in [0.05, 0.1) is 0 Å². The van der Waals surface area contributed by atoms with Crippen LogP contribution in [0, 0.1) is 6.92 Å². The molecule has 0 N–H and O–H groups in total. The van der Waals surface area contributed by atoms with E-state index in [9.17, 15) is 4.79 Å². The van der Waals surface area contributed by atoms with Crippen molar-refractivity contribution in [2.45, 2.75) is 26.7 Å². The second-order valence-corrected chi connectivity index (χ2v) is 5.25. The van der Waals surface area contributed by atoms with Crippen molar-refractivity contribution in [3.05, 3.63) is 59.7 Å². The highest BCUT2D eigenvalue weighted by atomic mass is 16.6.